The monoisotopic (exact) mass is 827 g/mol. The zero-order valence-electron chi connectivity index (χ0n) is 30.1. The average molecular weight is 829 g/mol. The van der Waals surface area contributed by atoms with Gasteiger partial charge in [-0.2, -0.15) is 0 Å². The molecule has 2 heterocycles. The van der Waals surface area contributed by atoms with E-state index in [-0.39, 0.29) is 36.2 Å². The number of nitrogens with zero attached hydrogens (tertiary/aromatic N) is 2. The topological polar surface area (TPSA) is 116 Å². The predicted molar refractivity (Wildman–Crippen MR) is 217 cm³/mol. The van der Waals surface area contributed by atoms with Crippen LogP contribution >= 0.6 is 27.5 Å². The number of carbonyl (C=O) groups excluding carboxylic acids is 4. The molecule has 3 fully saturated rings. The van der Waals surface area contributed by atoms with Crippen molar-refractivity contribution in [1.82, 2.24) is 0 Å². The van der Waals surface area contributed by atoms with Gasteiger partial charge in [0.1, 0.15) is 0 Å². The minimum Gasteiger partial charge on any atom is -0.504 e. The molecule has 280 valence electrons. The predicted octanol–water partition coefficient (Wildman–Crippen LogP) is 8.93. The van der Waals surface area contributed by atoms with Crippen LogP contribution in [0.3, 0.4) is 0 Å². The summed E-state index contributed by atoms with van der Waals surface area (Å²) in [6.07, 6.45) is 2.33. The first kappa shape index (κ1) is 36.0. The molecule has 1 saturated carbocycles. The second kappa shape index (κ2) is 13.8. The maximum absolute atomic E-state index is 15.5. The third-order valence-electron chi connectivity index (χ3n) is 12.0. The number of fused-ring (bicyclic) bond motifs is 4. The summed E-state index contributed by atoms with van der Waals surface area (Å²) in [6.45, 7) is 0. The first-order valence-corrected chi connectivity index (χ1v) is 19.6. The van der Waals surface area contributed by atoms with Crippen molar-refractivity contribution in [2.45, 2.75) is 24.2 Å². The number of ether oxygens (including phenoxy) is 1. The number of para-hydroxylation sites is 1. The highest BCUT2D eigenvalue weighted by atomic mass is 79.9. The Morgan fingerprint density at radius 3 is 2.16 bits per heavy atom. The van der Waals surface area contributed by atoms with Crippen molar-refractivity contribution in [3.05, 3.63) is 154 Å². The van der Waals surface area contributed by atoms with Gasteiger partial charge in [0.2, 0.25) is 23.6 Å². The highest BCUT2D eigenvalue weighted by Gasteiger charge is 2.70. The van der Waals surface area contributed by atoms with Crippen LogP contribution < -0.4 is 19.9 Å². The number of allylic oxidation sites excluding steroid dienone is 2. The molecule has 2 saturated heterocycles. The maximum atomic E-state index is 15.5. The largest absolute Gasteiger partial charge is 0.504 e. The van der Waals surface area contributed by atoms with Gasteiger partial charge in [-0.1, -0.05) is 93.8 Å². The number of phenols is 1. The summed E-state index contributed by atoms with van der Waals surface area (Å²) in [7, 11) is 1.45. The molecule has 2 aliphatic carbocycles. The number of nitrogens with one attached hydrogen (secondary N) is 1. The van der Waals surface area contributed by atoms with Gasteiger partial charge in [-0.25, -0.2) is 4.90 Å². The minimum atomic E-state index is -1.55. The van der Waals surface area contributed by atoms with Crippen LogP contribution in [-0.2, 0) is 24.6 Å². The zero-order valence-corrected chi connectivity index (χ0v) is 32.4. The van der Waals surface area contributed by atoms with Crippen molar-refractivity contribution >= 4 is 73.9 Å². The summed E-state index contributed by atoms with van der Waals surface area (Å²) in [6, 6.07) is 36.0. The van der Waals surface area contributed by atoms with E-state index in [9.17, 15) is 14.7 Å². The number of phenolic OH excluding ortho intramolecular Hbond substituents is 1. The van der Waals surface area contributed by atoms with E-state index in [1.54, 1.807) is 48.5 Å². The summed E-state index contributed by atoms with van der Waals surface area (Å²) in [4.78, 5) is 62.1. The molecule has 4 aliphatic rings. The minimum absolute atomic E-state index is 0.124. The zero-order chi connectivity index (χ0) is 38.9. The molecule has 0 spiro atoms. The first-order valence-electron chi connectivity index (χ1n) is 18.4. The summed E-state index contributed by atoms with van der Waals surface area (Å²) in [5.41, 5.74) is 2.61. The normalized spacial score (nSPS) is 25.4. The summed E-state index contributed by atoms with van der Waals surface area (Å²) < 4.78 is 6.20. The quantitative estimate of drug-likeness (QED) is 0.124. The molecule has 5 aromatic carbocycles. The number of hydrogen-bond acceptors (Lipinski definition) is 7. The molecule has 9 nitrogen and oxygen atoms in total. The lowest BCUT2D eigenvalue weighted by atomic mass is 9.49. The van der Waals surface area contributed by atoms with E-state index in [0.717, 1.165) is 16.9 Å². The molecular formula is C45H35BrClN3O6. The highest BCUT2D eigenvalue weighted by Crippen LogP contribution is 2.66. The fourth-order valence-corrected chi connectivity index (χ4v) is 10.3. The van der Waals surface area contributed by atoms with Crippen molar-refractivity contribution in [3.8, 4) is 11.5 Å². The first-order chi connectivity index (χ1) is 27.1. The maximum Gasteiger partial charge on any atom is 0.246 e. The van der Waals surface area contributed by atoms with Crippen molar-refractivity contribution < 1.29 is 29.0 Å². The Balaban J connectivity index is 1.19. The number of imide groups is 2. The van der Waals surface area contributed by atoms with E-state index in [2.05, 4.69) is 21.2 Å². The lowest BCUT2D eigenvalue weighted by Crippen LogP contribution is -2.53. The van der Waals surface area contributed by atoms with Gasteiger partial charge in [-0.05, 0) is 91.1 Å². The Morgan fingerprint density at radius 1 is 0.768 bits per heavy atom. The Bertz CT molecular complexity index is 2460. The van der Waals surface area contributed by atoms with E-state index in [4.69, 9.17) is 16.3 Å². The Labute approximate surface area is 336 Å². The molecule has 9 rings (SSSR count). The van der Waals surface area contributed by atoms with Crippen LogP contribution in [-0.4, -0.2) is 35.8 Å². The van der Waals surface area contributed by atoms with Crippen LogP contribution in [0.2, 0.25) is 5.02 Å². The van der Waals surface area contributed by atoms with E-state index in [1.807, 2.05) is 78.9 Å². The molecule has 6 atom stereocenters. The number of amides is 4. The number of aromatic hydroxyl groups is 1. The lowest BCUT2D eigenvalue weighted by molar-refractivity contribution is -0.127. The number of hydrogen-bond donors (Lipinski definition) is 2. The Kier molecular flexibility index (Phi) is 8.86. The van der Waals surface area contributed by atoms with Crippen LogP contribution in [0.15, 0.2) is 137 Å². The van der Waals surface area contributed by atoms with Gasteiger partial charge in [0.25, 0.3) is 0 Å². The summed E-state index contributed by atoms with van der Waals surface area (Å²) in [5, 5.41) is 15.7. The molecule has 0 aromatic heterocycles. The number of methoxy groups -OCH3 is 1. The molecule has 11 heteroatoms. The van der Waals surface area contributed by atoms with Crippen LogP contribution in [0, 0.1) is 23.7 Å². The van der Waals surface area contributed by atoms with E-state index in [1.165, 1.54) is 16.9 Å². The molecule has 0 unspecified atom stereocenters. The van der Waals surface area contributed by atoms with Gasteiger partial charge < -0.3 is 15.2 Å². The molecule has 56 heavy (non-hydrogen) atoms. The van der Waals surface area contributed by atoms with Crippen LogP contribution in [0.4, 0.5) is 22.7 Å². The molecule has 2 N–H and O–H groups in total. The van der Waals surface area contributed by atoms with Crippen molar-refractivity contribution in [1.29, 1.82) is 0 Å². The fraction of sp³-hybridized carbons (Fsp3) is 0.200. The molecule has 5 aromatic rings. The summed E-state index contributed by atoms with van der Waals surface area (Å²) >= 11 is 10.0. The molecule has 2 aliphatic heterocycles. The van der Waals surface area contributed by atoms with Gasteiger partial charge in [-0.15, -0.1) is 0 Å². The van der Waals surface area contributed by atoms with Crippen LogP contribution in [0.25, 0.3) is 0 Å². The number of anilines is 4. The molecular weight excluding hydrogens is 794 g/mol. The molecule has 0 radical (unpaired) electrons. The number of halogens is 2. The van der Waals surface area contributed by atoms with E-state index < -0.39 is 46.8 Å². The number of carbonyl (C=O) groups is 4. The second-order valence-corrected chi connectivity index (χ2v) is 16.0. The van der Waals surface area contributed by atoms with Gasteiger partial charge >= 0.3 is 0 Å². The SMILES string of the molecule is COc1cc(Br)cc([C@H]2C3=CC[C@@H]4C(=O)N(c5ccc(Nc6ccccc6)cc5)C(=O)[C@@H]4[C@@H]3C[C@H]3C(=O)N(c4cccc(Cl)c4)C(=O)[C@@]23c2ccccc2)c1O. The van der Waals surface area contributed by atoms with Gasteiger partial charge in [-0.3, -0.25) is 24.1 Å². The van der Waals surface area contributed by atoms with Gasteiger partial charge in [0, 0.05) is 32.4 Å². The average Bonchev–Trinajstić information content (AvgIpc) is 3.60. The third-order valence-corrected chi connectivity index (χ3v) is 12.6. The van der Waals surface area contributed by atoms with Crippen LogP contribution in [0.5, 0.6) is 11.5 Å². The van der Waals surface area contributed by atoms with Crippen LogP contribution in [0.1, 0.15) is 29.9 Å². The van der Waals surface area contributed by atoms with Crippen molar-refractivity contribution in [2.24, 2.45) is 23.7 Å². The molecule has 4 amide bonds. The second-order valence-electron chi connectivity index (χ2n) is 14.7. The Morgan fingerprint density at radius 2 is 1.46 bits per heavy atom. The lowest BCUT2D eigenvalue weighted by Gasteiger charge is -2.50. The third kappa shape index (κ3) is 5.41. The highest BCUT2D eigenvalue weighted by molar-refractivity contribution is 9.10. The number of rotatable bonds is 7. The van der Waals surface area contributed by atoms with Crippen molar-refractivity contribution in [3.63, 3.8) is 0 Å². The van der Waals surface area contributed by atoms with E-state index >= 15 is 9.59 Å². The summed E-state index contributed by atoms with van der Waals surface area (Å²) in [5.74, 6) is -5.58. The Hall–Kier alpha value is -5.71. The number of benzene rings is 5. The molecule has 0 bridgehead atoms. The standard InChI is InChI=1S/C45H35BrClN3O6/c1-56-37-22-26(46)21-35(40(37)51)39-32-19-20-33-38(43(54)49(41(33)52)30-17-15-29(16-18-30)48-28-12-6-3-7-13-28)34(32)24-36-42(53)50(31-14-8-11-27(47)23-31)44(55)45(36,39)25-9-4-2-5-10-25/h2-19,21-23,33-34,36,38-39,48,51H,20,24H2,1H3/t33-,34+,36-,38-,39+,45+/m0/s1. The van der Waals surface area contributed by atoms with Crippen molar-refractivity contribution in [2.75, 3.05) is 22.2 Å². The fourth-order valence-electron chi connectivity index (χ4n) is 9.69. The van der Waals surface area contributed by atoms with Gasteiger partial charge in [0.15, 0.2) is 11.5 Å². The van der Waals surface area contributed by atoms with E-state index in [0.29, 0.717) is 32.0 Å². The smallest absolute Gasteiger partial charge is 0.246 e. The van der Waals surface area contributed by atoms with Gasteiger partial charge in [0.05, 0.1) is 41.7 Å².